The van der Waals surface area contributed by atoms with Crippen molar-refractivity contribution in [3.8, 4) is 0 Å². The first-order chi connectivity index (χ1) is 15.1. The molecule has 1 aromatic carbocycles. The highest BCUT2D eigenvalue weighted by atomic mass is 16.5. The van der Waals surface area contributed by atoms with Gasteiger partial charge in [0, 0.05) is 38.5 Å². The van der Waals surface area contributed by atoms with Gasteiger partial charge < -0.3 is 20.3 Å². The Labute approximate surface area is 181 Å². The van der Waals surface area contributed by atoms with E-state index in [0.29, 0.717) is 25.1 Å². The summed E-state index contributed by atoms with van der Waals surface area (Å²) < 4.78 is 5.40. The molecule has 10 nitrogen and oxygen atoms in total. The van der Waals surface area contributed by atoms with Crippen LogP contribution in [0, 0.1) is 4.91 Å². The molecule has 3 aliphatic rings. The molecule has 1 aromatic rings. The number of aliphatic imine (C=N–C) groups is 1. The van der Waals surface area contributed by atoms with Crippen LogP contribution in [0.2, 0.25) is 0 Å². The topological polar surface area (TPSA) is 119 Å². The first-order valence-electron chi connectivity index (χ1n) is 10.6. The van der Waals surface area contributed by atoms with Gasteiger partial charge in [0.15, 0.2) is 5.96 Å². The molecule has 0 aliphatic carbocycles. The van der Waals surface area contributed by atoms with E-state index in [1.807, 2.05) is 37.3 Å². The van der Waals surface area contributed by atoms with Crippen LogP contribution in [0.5, 0.6) is 0 Å². The fraction of sp³-hybridized carbons (Fsp3) is 0.524. The number of amides is 2. The summed E-state index contributed by atoms with van der Waals surface area (Å²) in [7, 11) is 0. The van der Waals surface area contributed by atoms with Crippen molar-refractivity contribution in [2.75, 3.05) is 26.3 Å². The zero-order valence-electron chi connectivity index (χ0n) is 17.6. The normalized spacial score (nSPS) is 25.7. The number of hydrogen-bond donors (Lipinski definition) is 4. The van der Waals surface area contributed by atoms with Crippen LogP contribution in [0.25, 0.3) is 0 Å². The van der Waals surface area contributed by atoms with E-state index in [2.05, 4.69) is 31.7 Å². The molecule has 0 bridgehead atoms. The fourth-order valence-corrected chi connectivity index (χ4v) is 4.31. The molecule has 10 heteroatoms. The molecule has 166 valence electrons. The molecule has 3 heterocycles. The lowest BCUT2D eigenvalue weighted by Crippen LogP contribution is -2.54. The molecular formula is C21H29N7O3. The highest BCUT2D eigenvalue weighted by molar-refractivity contribution is 5.84. The first kappa shape index (κ1) is 21.3. The van der Waals surface area contributed by atoms with Crippen LogP contribution in [-0.4, -0.2) is 60.8 Å². The Morgan fingerprint density at radius 2 is 2.10 bits per heavy atom. The number of benzene rings is 1. The summed E-state index contributed by atoms with van der Waals surface area (Å²) in [4.78, 5) is 30.3. The van der Waals surface area contributed by atoms with E-state index in [-0.39, 0.29) is 18.6 Å². The Balaban J connectivity index is 1.40. The largest absolute Gasteiger partial charge is 0.381 e. The number of hydrazine groups is 1. The maximum absolute atomic E-state index is 13.0. The minimum Gasteiger partial charge on any atom is -0.381 e. The quantitative estimate of drug-likeness (QED) is 0.400. The van der Waals surface area contributed by atoms with Crippen LogP contribution >= 0.6 is 0 Å². The molecule has 0 spiro atoms. The molecule has 2 saturated heterocycles. The fourth-order valence-electron chi connectivity index (χ4n) is 4.31. The Kier molecular flexibility index (Phi) is 6.47. The van der Waals surface area contributed by atoms with Crippen LogP contribution in [0.4, 0.5) is 4.79 Å². The lowest BCUT2D eigenvalue weighted by molar-refractivity contribution is 0.0822. The van der Waals surface area contributed by atoms with E-state index in [0.717, 1.165) is 37.2 Å². The SMILES string of the molecule is CC1(CN=O)C2=CN=C(NC3CCOCC3)NC2CN1C(=O)NNCc1ccccc1. The molecule has 4 rings (SSSR count). The van der Waals surface area contributed by atoms with Crippen molar-refractivity contribution in [2.45, 2.75) is 43.9 Å². The highest BCUT2D eigenvalue weighted by Crippen LogP contribution is 2.36. The van der Waals surface area contributed by atoms with E-state index in [1.165, 1.54) is 0 Å². The third kappa shape index (κ3) is 4.70. The number of hydrogen-bond acceptors (Lipinski definition) is 8. The predicted octanol–water partition coefficient (Wildman–Crippen LogP) is 1.22. The van der Waals surface area contributed by atoms with E-state index in [1.54, 1.807) is 11.1 Å². The smallest absolute Gasteiger partial charge is 0.332 e. The second-order valence-corrected chi connectivity index (χ2v) is 8.23. The Bertz CT molecular complexity index is 854. The summed E-state index contributed by atoms with van der Waals surface area (Å²) in [6, 6.07) is 9.65. The summed E-state index contributed by atoms with van der Waals surface area (Å²) >= 11 is 0. The minimum absolute atomic E-state index is 0.0403. The van der Waals surface area contributed by atoms with Crippen molar-refractivity contribution in [3.63, 3.8) is 0 Å². The van der Waals surface area contributed by atoms with Gasteiger partial charge in [-0.15, -0.1) is 0 Å². The average Bonchev–Trinajstić information content (AvgIpc) is 3.07. The zero-order valence-corrected chi connectivity index (χ0v) is 17.6. The number of urea groups is 1. The number of ether oxygens (including phenoxy) is 1. The summed E-state index contributed by atoms with van der Waals surface area (Å²) in [6.07, 6.45) is 3.62. The molecule has 4 N–H and O–H groups in total. The summed E-state index contributed by atoms with van der Waals surface area (Å²) in [5, 5.41) is 9.93. The van der Waals surface area contributed by atoms with Gasteiger partial charge in [-0.1, -0.05) is 35.5 Å². The number of likely N-dealkylation sites (tertiary alicyclic amines) is 1. The van der Waals surface area contributed by atoms with E-state index >= 15 is 0 Å². The molecule has 2 amide bonds. The number of nitrogens with zero attached hydrogens (tertiary/aromatic N) is 3. The predicted molar refractivity (Wildman–Crippen MR) is 117 cm³/mol. The van der Waals surface area contributed by atoms with Crippen LogP contribution in [0.3, 0.4) is 0 Å². The van der Waals surface area contributed by atoms with Crippen molar-refractivity contribution in [1.29, 1.82) is 0 Å². The lowest BCUT2D eigenvalue weighted by atomic mass is 9.91. The van der Waals surface area contributed by atoms with Crippen LogP contribution < -0.4 is 21.5 Å². The van der Waals surface area contributed by atoms with Crippen LogP contribution in [0.1, 0.15) is 25.3 Å². The number of carbonyl (C=O) groups excluding carboxylic acids is 1. The maximum atomic E-state index is 13.0. The van der Waals surface area contributed by atoms with Gasteiger partial charge in [0.25, 0.3) is 0 Å². The van der Waals surface area contributed by atoms with E-state index in [4.69, 9.17) is 4.74 Å². The molecule has 3 aliphatic heterocycles. The number of nitrogens with one attached hydrogen (secondary N) is 4. The summed E-state index contributed by atoms with van der Waals surface area (Å²) in [5.74, 6) is 0.687. The Morgan fingerprint density at radius 1 is 1.32 bits per heavy atom. The second-order valence-electron chi connectivity index (χ2n) is 8.23. The molecular weight excluding hydrogens is 398 g/mol. The Morgan fingerprint density at radius 3 is 2.84 bits per heavy atom. The van der Waals surface area contributed by atoms with Gasteiger partial charge in [-0.25, -0.2) is 15.2 Å². The number of carbonyl (C=O) groups is 1. The lowest BCUT2D eigenvalue weighted by Gasteiger charge is -2.34. The minimum atomic E-state index is -0.842. The van der Waals surface area contributed by atoms with Crippen molar-refractivity contribution >= 4 is 12.0 Å². The summed E-state index contributed by atoms with van der Waals surface area (Å²) in [5.41, 5.74) is 6.79. The van der Waals surface area contributed by atoms with Crippen molar-refractivity contribution < 1.29 is 9.53 Å². The average molecular weight is 428 g/mol. The van der Waals surface area contributed by atoms with Crippen molar-refractivity contribution in [1.82, 2.24) is 26.4 Å². The van der Waals surface area contributed by atoms with Crippen molar-refractivity contribution in [2.24, 2.45) is 10.2 Å². The van der Waals surface area contributed by atoms with E-state index in [9.17, 15) is 9.70 Å². The monoisotopic (exact) mass is 427 g/mol. The molecule has 0 saturated carbocycles. The molecule has 2 fully saturated rings. The molecule has 2 unspecified atom stereocenters. The van der Waals surface area contributed by atoms with E-state index < -0.39 is 5.54 Å². The van der Waals surface area contributed by atoms with Crippen LogP contribution in [-0.2, 0) is 11.3 Å². The number of rotatable bonds is 6. The van der Waals surface area contributed by atoms with Gasteiger partial charge in [-0.05, 0) is 30.9 Å². The van der Waals surface area contributed by atoms with Crippen molar-refractivity contribution in [3.05, 3.63) is 52.6 Å². The highest BCUT2D eigenvalue weighted by Gasteiger charge is 2.50. The number of fused-ring (bicyclic) bond motifs is 1. The Hall–Kier alpha value is -2.98. The van der Waals surface area contributed by atoms with Gasteiger partial charge in [-0.3, -0.25) is 5.43 Å². The second kappa shape index (κ2) is 9.44. The zero-order chi connectivity index (χ0) is 21.7. The molecule has 0 radical (unpaired) electrons. The summed E-state index contributed by atoms with van der Waals surface area (Å²) in [6.45, 7) is 4.19. The molecule has 2 atom stereocenters. The maximum Gasteiger partial charge on any atom is 0.332 e. The third-order valence-corrected chi connectivity index (χ3v) is 6.11. The molecule has 31 heavy (non-hydrogen) atoms. The number of guanidine groups is 1. The number of nitroso groups, excluding NO2 is 1. The van der Waals surface area contributed by atoms with Gasteiger partial charge in [-0.2, -0.15) is 4.91 Å². The van der Waals surface area contributed by atoms with Gasteiger partial charge in [0.1, 0.15) is 6.54 Å². The molecule has 0 aromatic heterocycles. The van der Waals surface area contributed by atoms with Gasteiger partial charge in [0.05, 0.1) is 11.6 Å². The third-order valence-electron chi connectivity index (χ3n) is 6.11. The first-order valence-corrected chi connectivity index (χ1v) is 10.6. The van der Waals surface area contributed by atoms with Crippen LogP contribution in [0.15, 0.2) is 52.3 Å². The van der Waals surface area contributed by atoms with Gasteiger partial charge >= 0.3 is 6.03 Å². The standard InChI is InChI=1S/C21H29N7O3/c1-21(14-24-30)17-12-22-19(25-16-7-9-31-10-8-16)26-18(17)13-28(21)20(29)27-23-11-15-5-3-2-4-6-15/h2-6,12,16,18,23H,7-11,13-14H2,1H3,(H,27,29)(H2,22,25,26). The van der Waals surface area contributed by atoms with Gasteiger partial charge in [0.2, 0.25) is 0 Å².